The van der Waals surface area contributed by atoms with Gasteiger partial charge >= 0.3 is 18.1 Å². The van der Waals surface area contributed by atoms with Crippen molar-refractivity contribution >= 4 is 17.8 Å². The van der Waals surface area contributed by atoms with Crippen molar-refractivity contribution < 1.29 is 37.4 Å². The van der Waals surface area contributed by atoms with Crippen LogP contribution in [0.2, 0.25) is 0 Å². The first kappa shape index (κ1) is 26.9. The molecule has 0 aromatic rings. The lowest BCUT2D eigenvalue weighted by Crippen LogP contribution is -2.47. The molecule has 1 amide bonds. The number of alkyl halides is 3. The van der Waals surface area contributed by atoms with Gasteiger partial charge in [-0.15, -0.1) is 0 Å². The normalized spacial score (nSPS) is 15.7. The summed E-state index contributed by atoms with van der Waals surface area (Å²) in [5.41, 5.74) is 0.473. The van der Waals surface area contributed by atoms with Crippen LogP contribution < -0.4 is 5.32 Å². The molecule has 0 saturated heterocycles. The number of likely N-dealkylation sites (N-methyl/N-ethyl adjacent to an activating group) is 1. The molecule has 168 valence electrons. The van der Waals surface area contributed by atoms with Gasteiger partial charge in [-0.2, -0.15) is 13.2 Å². The maximum Gasteiger partial charge on any atom is 0.490 e. The van der Waals surface area contributed by atoms with Gasteiger partial charge in [-0.05, 0) is 32.9 Å². The van der Waals surface area contributed by atoms with E-state index >= 15 is 0 Å². The number of aliphatic carboxylic acids is 1. The van der Waals surface area contributed by atoms with Gasteiger partial charge < -0.3 is 20.1 Å². The van der Waals surface area contributed by atoms with Crippen LogP contribution in [0.15, 0.2) is 12.2 Å². The smallest absolute Gasteiger partial charge is 0.475 e. The average Bonchev–Trinajstić information content (AvgIpc) is 2.60. The summed E-state index contributed by atoms with van der Waals surface area (Å²) in [5, 5.41) is 10.3. The van der Waals surface area contributed by atoms with E-state index in [0.717, 1.165) is 6.54 Å². The van der Waals surface area contributed by atoms with Crippen LogP contribution in [0.3, 0.4) is 0 Å². The fourth-order valence-electron chi connectivity index (χ4n) is 2.94. The molecule has 1 aliphatic carbocycles. The molecule has 0 bridgehead atoms. The van der Waals surface area contributed by atoms with Gasteiger partial charge in [0.1, 0.15) is 0 Å². The van der Waals surface area contributed by atoms with Crippen LogP contribution in [-0.4, -0.2) is 67.3 Å². The predicted octanol–water partition coefficient (Wildman–Crippen LogP) is 2.76. The number of carbonyl (C=O) groups is 3. The summed E-state index contributed by atoms with van der Waals surface area (Å²) in [6.45, 7) is 6.22. The van der Waals surface area contributed by atoms with Crippen LogP contribution in [0, 0.1) is 5.92 Å². The highest BCUT2D eigenvalue weighted by Gasteiger charge is 2.38. The van der Waals surface area contributed by atoms with Crippen LogP contribution in [-0.2, 0) is 19.1 Å². The minimum absolute atomic E-state index is 0.121. The van der Waals surface area contributed by atoms with Gasteiger partial charge in [0.05, 0.1) is 6.61 Å². The molecular formula is C19H31F3N2O5. The number of hydrogen-bond donors (Lipinski definition) is 2. The average molecular weight is 424 g/mol. The molecule has 0 spiro atoms. The lowest BCUT2D eigenvalue weighted by atomic mass is 9.83. The van der Waals surface area contributed by atoms with Crippen LogP contribution >= 0.6 is 0 Å². The minimum atomic E-state index is -5.08. The SMILES string of the molecule is C=C(CCOC(C)=O)C(=O)N[C@H](CN(C)C)C1CCCCC1.O=C(O)C(F)(F)F. The zero-order chi connectivity index (χ0) is 22.6. The molecule has 1 rings (SSSR count). The maximum absolute atomic E-state index is 12.3. The Kier molecular flexibility index (Phi) is 12.2. The number of halogens is 3. The Morgan fingerprint density at radius 2 is 1.72 bits per heavy atom. The van der Waals surface area contributed by atoms with E-state index in [1.54, 1.807) is 0 Å². The molecule has 2 N–H and O–H groups in total. The number of carboxylic acid groups (broad SMARTS) is 1. The van der Waals surface area contributed by atoms with E-state index in [-0.39, 0.29) is 24.5 Å². The first-order valence-electron chi connectivity index (χ1n) is 9.41. The van der Waals surface area contributed by atoms with Crippen molar-refractivity contribution in [1.82, 2.24) is 10.2 Å². The quantitative estimate of drug-likeness (QED) is 0.460. The number of carboxylic acids is 1. The number of nitrogens with zero attached hydrogens (tertiary/aromatic N) is 1. The number of esters is 1. The van der Waals surface area contributed by atoms with Gasteiger partial charge in [0.25, 0.3) is 0 Å². The van der Waals surface area contributed by atoms with Crippen molar-refractivity contribution in [3.05, 3.63) is 12.2 Å². The topological polar surface area (TPSA) is 95.9 Å². The third-order valence-electron chi connectivity index (χ3n) is 4.37. The number of amides is 1. The largest absolute Gasteiger partial charge is 0.490 e. The Morgan fingerprint density at radius 1 is 1.21 bits per heavy atom. The molecule has 0 heterocycles. The predicted molar refractivity (Wildman–Crippen MR) is 101 cm³/mol. The van der Waals surface area contributed by atoms with Crippen LogP contribution in [0.5, 0.6) is 0 Å². The van der Waals surface area contributed by atoms with Crippen molar-refractivity contribution in [2.75, 3.05) is 27.2 Å². The lowest BCUT2D eigenvalue weighted by Gasteiger charge is -2.33. The molecule has 29 heavy (non-hydrogen) atoms. The van der Waals surface area contributed by atoms with Crippen molar-refractivity contribution in [3.63, 3.8) is 0 Å². The van der Waals surface area contributed by atoms with Crippen LogP contribution in [0.1, 0.15) is 45.4 Å². The Morgan fingerprint density at radius 3 is 2.14 bits per heavy atom. The zero-order valence-electron chi connectivity index (χ0n) is 17.2. The summed E-state index contributed by atoms with van der Waals surface area (Å²) in [6, 6.07) is 0.160. The third-order valence-corrected chi connectivity index (χ3v) is 4.37. The second-order valence-corrected chi connectivity index (χ2v) is 7.24. The summed E-state index contributed by atoms with van der Waals surface area (Å²) in [7, 11) is 4.05. The molecule has 1 aliphatic rings. The second-order valence-electron chi connectivity index (χ2n) is 7.24. The van der Waals surface area contributed by atoms with Crippen molar-refractivity contribution in [2.45, 2.75) is 57.7 Å². The van der Waals surface area contributed by atoms with Crippen molar-refractivity contribution in [1.29, 1.82) is 0 Å². The minimum Gasteiger partial charge on any atom is -0.475 e. The molecule has 0 aliphatic heterocycles. The van der Waals surface area contributed by atoms with Gasteiger partial charge in [-0.25, -0.2) is 4.79 Å². The fourth-order valence-corrected chi connectivity index (χ4v) is 2.94. The van der Waals surface area contributed by atoms with Crippen LogP contribution in [0.4, 0.5) is 13.2 Å². The van der Waals surface area contributed by atoms with E-state index in [0.29, 0.717) is 17.9 Å². The molecule has 10 heteroatoms. The molecule has 1 fully saturated rings. The molecule has 1 saturated carbocycles. The molecule has 0 aromatic heterocycles. The number of rotatable bonds is 8. The number of nitrogens with one attached hydrogen (secondary N) is 1. The van der Waals surface area contributed by atoms with Gasteiger partial charge in [-0.1, -0.05) is 25.8 Å². The standard InChI is InChI=1S/C17H30N2O3.C2HF3O2/c1-13(10-11-22-14(2)20)17(21)18-16(12-19(3)4)15-8-6-5-7-9-15;3-2(4,5)1(6)7/h15-16H,1,5-12H2,2-4H3,(H,18,21);(H,6,7)/t16-;/m1./s1. The Hall–Kier alpha value is -2.10. The molecule has 0 unspecified atom stereocenters. The Labute approximate surface area is 169 Å². The van der Waals surface area contributed by atoms with E-state index in [1.165, 1.54) is 39.0 Å². The first-order valence-corrected chi connectivity index (χ1v) is 9.41. The highest BCUT2D eigenvalue weighted by molar-refractivity contribution is 5.93. The second kappa shape index (κ2) is 13.2. The monoisotopic (exact) mass is 424 g/mol. The van der Waals surface area contributed by atoms with E-state index in [9.17, 15) is 22.8 Å². The maximum atomic E-state index is 12.3. The van der Waals surface area contributed by atoms with Gasteiger partial charge in [0.2, 0.25) is 5.91 Å². The van der Waals surface area contributed by atoms with Crippen molar-refractivity contribution in [2.24, 2.45) is 5.92 Å². The summed E-state index contributed by atoms with van der Waals surface area (Å²) in [4.78, 5) is 34.0. The fraction of sp³-hybridized carbons (Fsp3) is 0.737. The Balaban J connectivity index is 0.000000956. The highest BCUT2D eigenvalue weighted by Crippen LogP contribution is 2.27. The number of carbonyl (C=O) groups excluding carboxylic acids is 2. The van der Waals surface area contributed by atoms with Gasteiger partial charge in [0, 0.05) is 31.5 Å². The lowest BCUT2D eigenvalue weighted by molar-refractivity contribution is -0.192. The van der Waals surface area contributed by atoms with E-state index < -0.39 is 12.1 Å². The van der Waals surface area contributed by atoms with Crippen LogP contribution in [0.25, 0.3) is 0 Å². The molecule has 0 radical (unpaired) electrons. The molecule has 7 nitrogen and oxygen atoms in total. The van der Waals surface area contributed by atoms with Crippen molar-refractivity contribution in [3.8, 4) is 0 Å². The first-order chi connectivity index (χ1) is 13.3. The van der Waals surface area contributed by atoms with E-state index in [2.05, 4.69) is 16.8 Å². The van der Waals surface area contributed by atoms with E-state index in [4.69, 9.17) is 14.6 Å². The van der Waals surface area contributed by atoms with E-state index in [1.807, 2.05) is 14.1 Å². The summed E-state index contributed by atoms with van der Waals surface area (Å²) in [6.07, 6.45) is 1.45. The third kappa shape index (κ3) is 12.9. The molecular weight excluding hydrogens is 393 g/mol. The number of ether oxygens (including phenoxy) is 1. The summed E-state index contributed by atoms with van der Waals surface area (Å²) in [5.74, 6) is -2.67. The molecule has 1 atom stereocenters. The highest BCUT2D eigenvalue weighted by atomic mass is 19.4. The van der Waals surface area contributed by atoms with Gasteiger partial charge in [-0.3, -0.25) is 9.59 Å². The Bertz CT molecular complexity index is 559. The summed E-state index contributed by atoms with van der Waals surface area (Å²) < 4.78 is 36.6. The number of hydrogen-bond acceptors (Lipinski definition) is 5. The molecule has 0 aromatic carbocycles. The summed E-state index contributed by atoms with van der Waals surface area (Å²) >= 11 is 0. The zero-order valence-corrected chi connectivity index (χ0v) is 17.2. The van der Waals surface area contributed by atoms with Gasteiger partial charge in [0.15, 0.2) is 0 Å².